The van der Waals surface area contributed by atoms with Crippen LogP contribution in [-0.2, 0) is 11.3 Å². The molecule has 7 nitrogen and oxygen atoms in total. The zero-order valence-corrected chi connectivity index (χ0v) is 13.8. The number of esters is 1. The molecule has 1 heterocycles. The smallest absolute Gasteiger partial charge is 0.356 e. The van der Waals surface area contributed by atoms with Gasteiger partial charge in [-0.15, -0.1) is 5.10 Å². The van der Waals surface area contributed by atoms with Gasteiger partial charge in [-0.2, -0.15) is 0 Å². The maximum Gasteiger partial charge on any atom is 0.356 e. The van der Waals surface area contributed by atoms with E-state index in [2.05, 4.69) is 5.10 Å². The van der Waals surface area contributed by atoms with Gasteiger partial charge in [-0.3, -0.25) is 4.79 Å². The number of nitrogens with zero attached hydrogens (tertiary/aromatic N) is 2. The minimum absolute atomic E-state index is 0.0293. The van der Waals surface area contributed by atoms with E-state index in [0.717, 1.165) is 0 Å². The number of hydrogen-bond donors (Lipinski definition) is 1. The summed E-state index contributed by atoms with van der Waals surface area (Å²) in [6.07, 6.45) is 0. The summed E-state index contributed by atoms with van der Waals surface area (Å²) in [5, 5.41) is 13.3. The average Bonchev–Trinajstić information content (AvgIpc) is 2.96. The Kier molecular flexibility index (Phi) is 6.34. The number of rotatable bonds is 8. The standard InChI is InChI=1S/C16H17ClN2O5/c1-2-23-16(22)13-9-15(24-7-6-20)18-19(13)10-14(21)11-4-3-5-12(17)8-11/h3-5,8-9,20H,2,6-7,10H2,1H3. The topological polar surface area (TPSA) is 90.7 Å². The third-order valence-corrected chi connectivity index (χ3v) is 3.26. The highest BCUT2D eigenvalue weighted by atomic mass is 35.5. The largest absolute Gasteiger partial charge is 0.474 e. The quantitative estimate of drug-likeness (QED) is 0.577. The first-order valence-corrected chi connectivity index (χ1v) is 7.70. The summed E-state index contributed by atoms with van der Waals surface area (Å²) in [5.41, 5.74) is 0.505. The molecule has 24 heavy (non-hydrogen) atoms. The molecular formula is C16H17ClN2O5. The minimum atomic E-state index is -0.609. The van der Waals surface area contributed by atoms with Crippen LogP contribution in [0.1, 0.15) is 27.8 Å². The number of benzene rings is 1. The molecule has 2 rings (SSSR count). The van der Waals surface area contributed by atoms with Crippen LogP contribution in [0, 0.1) is 0 Å². The Bertz CT molecular complexity index is 729. The van der Waals surface area contributed by atoms with Gasteiger partial charge in [0.2, 0.25) is 5.88 Å². The number of aromatic nitrogens is 2. The van der Waals surface area contributed by atoms with Crippen LogP contribution < -0.4 is 4.74 Å². The fourth-order valence-corrected chi connectivity index (χ4v) is 2.18. The third kappa shape index (κ3) is 4.56. The van der Waals surface area contributed by atoms with Gasteiger partial charge >= 0.3 is 5.97 Å². The van der Waals surface area contributed by atoms with Crippen molar-refractivity contribution < 1.29 is 24.2 Å². The molecule has 0 amide bonds. The molecule has 0 atom stereocenters. The van der Waals surface area contributed by atoms with Crippen LogP contribution in [-0.4, -0.2) is 46.5 Å². The second-order valence-electron chi connectivity index (χ2n) is 4.75. The first-order valence-electron chi connectivity index (χ1n) is 7.32. The molecule has 0 saturated carbocycles. The molecule has 128 valence electrons. The van der Waals surface area contributed by atoms with Crippen LogP contribution in [0.15, 0.2) is 30.3 Å². The van der Waals surface area contributed by atoms with Crippen LogP contribution in [0.4, 0.5) is 0 Å². The predicted octanol–water partition coefficient (Wildman–Crippen LogP) is 1.97. The summed E-state index contributed by atoms with van der Waals surface area (Å²) in [6, 6.07) is 7.88. The second kappa shape index (κ2) is 8.47. The van der Waals surface area contributed by atoms with E-state index in [1.54, 1.807) is 31.2 Å². The molecule has 1 aromatic carbocycles. The molecule has 1 N–H and O–H groups in total. The minimum Gasteiger partial charge on any atom is -0.474 e. The van der Waals surface area contributed by atoms with E-state index >= 15 is 0 Å². The van der Waals surface area contributed by atoms with E-state index < -0.39 is 5.97 Å². The van der Waals surface area contributed by atoms with E-state index in [-0.39, 0.29) is 43.7 Å². The molecule has 0 aliphatic rings. The molecule has 0 spiro atoms. The van der Waals surface area contributed by atoms with Crippen molar-refractivity contribution in [3.05, 3.63) is 46.6 Å². The lowest BCUT2D eigenvalue weighted by Gasteiger charge is -2.06. The highest BCUT2D eigenvalue weighted by Crippen LogP contribution is 2.16. The molecule has 8 heteroatoms. The van der Waals surface area contributed by atoms with Crippen molar-refractivity contribution in [3.63, 3.8) is 0 Å². The number of hydrogen-bond acceptors (Lipinski definition) is 6. The van der Waals surface area contributed by atoms with Crippen molar-refractivity contribution in [1.82, 2.24) is 9.78 Å². The fourth-order valence-electron chi connectivity index (χ4n) is 1.99. The highest BCUT2D eigenvalue weighted by molar-refractivity contribution is 6.31. The van der Waals surface area contributed by atoms with Crippen LogP contribution in [0.2, 0.25) is 5.02 Å². The Morgan fingerprint density at radius 1 is 1.33 bits per heavy atom. The van der Waals surface area contributed by atoms with E-state index in [1.807, 2.05) is 0 Å². The lowest BCUT2D eigenvalue weighted by Crippen LogP contribution is -2.18. The van der Waals surface area contributed by atoms with Crippen molar-refractivity contribution in [3.8, 4) is 5.88 Å². The van der Waals surface area contributed by atoms with Crippen LogP contribution >= 0.6 is 11.6 Å². The first-order chi connectivity index (χ1) is 11.5. The van der Waals surface area contributed by atoms with Gasteiger partial charge in [0.05, 0.1) is 13.2 Å². The lowest BCUT2D eigenvalue weighted by atomic mass is 10.1. The van der Waals surface area contributed by atoms with Crippen LogP contribution in [0.25, 0.3) is 0 Å². The number of carbonyl (C=O) groups is 2. The Morgan fingerprint density at radius 2 is 2.12 bits per heavy atom. The van der Waals surface area contributed by atoms with Gasteiger partial charge in [-0.25, -0.2) is 9.48 Å². The molecule has 0 fully saturated rings. The molecule has 0 bridgehead atoms. The summed E-state index contributed by atoms with van der Waals surface area (Å²) in [6.45, 7) is 1.54. The first kappa shape index (κ1) is 18.0. The molecule has 0 aliphatic heterocycles. The zero-order valence-electron chi connectivity index (χ0n) is 13.1. The Morgan fingerprint density at radius 3 is 2.79 bits per heavy atom. The van der Waals surface area contributed by atoms with Crippen molar-refractivity contribution in [2.75, 3.05) is 19.8 Å². The molecule has 0 aliphatic carbocycles. The molecule has 0 unspecified atom stereocenters. The fraction of sp³-hybridized carbons (Fsp3) is 0.312. The van der Waals surface area contributed by atoms with Gasteiger partial charge in [-0.05, 0) is 19.1 Å². The van der Waals surface area contributed by atoms with Gasteiger partial charge in [0, 0.05) is 16.7 Å². The third-order valence-electron chi connectivity index (χ3n) is 3.02. The summed E-state index contributed by atoms with van der Waals surface area (Å²) in [4.78, 5) is 24.4. The van der Waals surface area contributed by atoms with Gasteiger partial charge < -0.3 is 14.6 Å². The summed E-state index contributed by atoms with van der Waals surface area (Å²) in [5.74, 6) is -0.742. The van der Waals surface area contributed by atoms with Crippen molar-refractivity contribution in [2.45, 2.75) is 13.5 Å². The van der Waals surface area contributed by atoms with E-state index in [4.69, 9.17) is 26.2 Å². The molecular weight excluding hydrogens is 336 g/mol. The molecule has 0 saturated heterocycles. The normalized spacial score (nSPS) is 10.5. The zero-order chi connectivity index (χ0) is 17.5. The summed E-state index contributed by atoms with van der Waals surface area (Å²) in [7, 11) is 0. The predicted molar refractivity (Wildman–Crippen MR) is 86.5 cm³/mol. The number of Topliss-reactive ketones (excluding diaryl/α,β-unsaturated/α-hetero) is 1. The number of aliphatic hydroxyl groups is 1. The van der Waals surface area contributed by atoms with Crippen LogP contribution in [0.3, 0.4) is 0 Å². The number of halogens is 1. The SMILES string of the molecule is CCOC(=O)c1cc(OCCO)nn1CC(=O)c1cccc(Cl)c1. The van der Waals surface area contributed by atoms with Crippen molar-refractivity contribution >= 4 is 23.4 Å². The van der Waals surface area contributed by atoms with Gasteiger partial charge in [0.25, 0.3) is 0 Å². The Balaban J connectivity index is 2.24. The van der Waals surface area contributed by atoms with Gasteiger partial charge in [0.15, 0.2) is 11.5 Å². The average molecular weight is 353 g/mol. The number of ether oxygens (including phenoxy) is 2. The Hall–Kier alpha value is -2.38. The Labute approximate surface area is 143 Å². The number of ketones is 1. The molecule has 0 radical (unpaired) electrons. The maximum atomic E-state index is 12.4. The van der Waals surface area contributed by atoms with Crippen LogP contribution in [0.5, 0.6) is 5.88 Å². The number of carbonyl (C=O) groups excluding carboxylic acids is 2. The second-order valence-corrected chi connectivity index (χ2v) is 5.19. The maximum absolute atomic E-state index is 12.4. The van der Waals surface area contributed by atoms with Gasteiger partial charge in [-0.1, -0.05) is 23.7 Å². The van der Waals surface area contributed by atoms with E-state index in [9.17, 15) is 9.59 Å². The monoisotopic (exact) mass is 352 g/mol. The van der Waals surface area contributed by atoms with Crippen molar-refractivity contribution in [2.24, 2.45) is 0 Å². The molecule has 2 aromatic rings. The summed E-state index contributed by atoms with van der Waals surface area (Å²) >= 11 is 5.88. The number of aliphatic hydroxyl groups excluding tert-OH is 1. The van der Waals surface area contributed by atoms with Gasteiger partial charge in [0.1, 0.15) is 13.2 Å². The lowest BCUT2D eigenvalue weighted by molar-refractivity contribution is 0.0512. The van der Waals surface area contributed by atoms with E-state index in [1.165, 1.54) is 10.7 Å². The molecule has 1 aromatic heterocycles. The highest BCUT2D eigenvalue weighted by Gasteiger charge is 2.20. The van der Waals surface area contributed by atoms with E-state index in [0.29, 0.717) is 10.6 Å². The van der Waals surface area contributed by atoms with Crippen molar-refractivity contribution in [1.29, 1.82) is 0 Å². The summed E-state index contributed by atoms with van der Waals surface area (Å²) < 4.78 is 11.4.